The monoisotopic (exact) mass is 574 g/mol. The van der Waals surface area contributed by atoms with E-state index in [9.17, 15) is 0 Å². The average molecular weight is 574 g/mol. The van der Waals surface area contributed by atoms with Crippen molar-refractivity contribution in [3.05, 3.63) is 18.2 Å². The largest absolute Gasteiger partial charge is 0.256 e. The third-order valence-corrected chi connectivity index (χ3v) is 9.35. The van der Waals surface area contributed by atoms with Gasteiger partial charge in [0, 0.05) is 6.42 Å². The highest BCUT2D eigenvalue weighted by Gasteiger charge is 2.16. The van der Waals surface area contributed by atoms with E-state index in [1.807, 2.05) is 0 Å². The van der Waals surface area contributed by atoms with Crippen LogP contribution in [0.25, 0.3) is 0 Å². The van der Waals surface area contributed by atoms with Crippen LogP contribution in [0.3, 0.4) is 0 Å². The zero-order valence-electron chi connectivity index (χ0n) is 28.9. The summed E-state index contributed by atoms with van der Waals surface area (Å²) in [6, 6.07) is 0. The summed E-state index contributed by atoms with van der Waals surface area (Å²) >= 11 is 0. The van der Waals surface area contributed by atoms with Gasteiger partial charge < -0.3 is 0 Å². The van der Waals surface area contributed by atoms with Gasteiger partial charge in [-0.3, -0.25) is 0 Å². The van der Waals surface area contributed by atoms with Crippen LogP contribution < -0.4 is 4.57 Å². The number of aromatic nitrogens is 2. The molecule has 1 aromatic rings. The SMILES string of the molecule is CCCCCCCCCCCCCCCCn1cc[n+](CCCCCCCCCCCC)c1CCCCCCCC. The quantitative estimate of drug-likeness (QED) is 0.0584. The van der Waals surface area contributed by atoms with Crippen LogP contribution in [0.2, 0.25) is 0 Å². The summed E-state index contributed by atoms with van der Waals surface area (Å²) in [5.74, 6) is 1.62. The van der Waals surface area contributed by atoms with Crippen molar-refractivity contribution in [3.63, 3.8) is 0 Å². The van der Waals surface area contributed by atoms with E-state index in [0.29, 0.717) is 0 Å². The molecule has 1 heterocycles. The highest BCUT2D eigenvalue weighted by Crippen LogP contribution is 2.15. The minimum Gasteiger partial charge on any atom is -0.234 e. The van der Waals surface area contributed by atoms with Gasteiger partial charge in [-0.25, -0.2) is 9.13 Å². The smallest absolute Gasteiger partial charge is 0.234 e. The number of unbranched alkanes of at least 4 members (excludes halogenated alkanes) is 27. The standard InChI is InChI=1S/C39H77N2/c1-4-7-10-13-16-18-20-21-22-23-25-27-30-33-36-41-38-37-40(39(41)34-31-28-15-12-9-6-3)35-32-29-26-24-19-17-14-11-8-5-2/h37-38H,4-36H2,1-3H3/q+1. The fraction of sp³-hybridized carbons (Fsp3) is 0.923. The average Bonchev–Trinajstić information content (AvgIpc) is 3.37. The van der Waals surface area contributed by atoms with Gasteiger partial charge in [-0.15, -0.1) is 0 Å². The Labute approximate surface area is 259 Å². The third kappa shape index (κ3) is 23.4. The van der Waals surface area contributed by atoms with Gasteiger partial charge in [0.2, 0.25) is 0 Å². The Morgan fingerprint density at radius 1 is 0.415 bits per heavy atom. The number of hydrogen-bond donors (Lipinski definition) is 0. The first-order valence-corrected chi connectivity index (χ1v) is 19.4. The maximum absolute atomic E-state index is 2.63. The first-order chi connectivity index (χ1) is 20.3. The van der Waals surface area contributed by atoms with Crippen LogP contribution in [0.15, 0.2) is 12.4 Å². The van der Waals surface area contributed by atoms with Crippen LogP contribution in [-0.2, 0) is 19.5 Å². The lowest BCUT2D eigenvalue weighted by molar-refractivity contribution is -0.704. The number of rotatable bonds is 33. The molecular formula is C39H77N2+. The van der Waals surface area contributed by atoms with Crippen LogP contribution in [0.1, 0.15) is 219 Å². The van der Waals surface area contributed by atoms with Crippen molar-refractivity contribution >= 4 is 0 Å². The molecule has 2 heteroatoms. The van der Waals surface area contributed by atoms with Crippen molar-refractivity contribution in [1.29, 1.82) is 0 Å². The number of nitrogens with zero attached hydrogens (tertiary/aromatic N) is 2. The molecule has 41 heavy (non-hydrogen) atoms. The molecule has 0 spiro atoms. The maximum Gasteiger partial charge on any atom is 0.256 e. The molecule has 0 fully saturated rings. The van der Waals surface area contributed by atoms with Crippen molar-refractivity contribution in [1.82, 2.24) is 4.57 Å². The number of hydrogen-bond acceptors (Lipinski definition) is 0. The summed E-state index contributed by atoms with van der Waals surface area (Å²) in [4.78, 5) is 0. The Balaban J connectivity index is 2.24. The van der Waals surface area contributed by atoms with Crippen LogP contribution in [0.5, 0.6) is 0 Å². The normalized spacial score (nSPS) is 11.6. The van der Waals surface area contributed by atoms with E-state index >= 15 is 0 Å². The van der Waals surface area contributed by atoms with E-state index < -0.39 is 0 Å². The first-order valence-electron chi connectivity index (χ1n) is 19.4. The van der Waals surface area contributed by atoms with Crippen molar-refractivity contribution in [3.8, 4) is 0 Å². The van der Waals surface area contributed by atoms with Crippen LogP contribution in [0, 0.1) is 0 Å². The molecule has 0 N–H and O–H groups in total. The predicted octanol–water partition coefficient (Wildman–Crippen LogP) is 13.1. The second-order valence-electron chi connectivity index (χ2n) is 13.4. The van der Waals surface area contributed by atoms with Crippen molar-refractivity contribution in [2.75, 3.05) is 0 Å². The van der Waals surface area contributed by atoms with E-state index in [2.05, 4.69) is 42.3 Å². The Morgan fingerprint density at radius 3 is 1.17 bits per heavy atom. The predicted molar refractivity (Wildman–Crippen MR) is 184 cm³/mol. The Kier molecular flexibility index (Phi) is 28.6. The topological polar surface area (TPSA) is 8.81 Å². The van der Waals surface area contributed by atoms with Gasteiger partial charge in [0.15, 0.2) is 0 Å². The number of aryl methyl sites for hydroxylation is 2. The minimum atomic E-state index is 1.23. The zero-order chi connectivity index (χ0) is 29.5. The third-order valence-electron chi connectivity index (χ3n) is 9.35. The summed E-state index contributed by atoms with van der Waals surface area (Å²) in [5.41, 5.74) is 0. The number of imidazole rings is 1. The summed E-state index contributed by atoms with van der Waals surface area (Å²) in [7, 11) is 0. The molecule has 1 aromatic heterocycles. The van der Waals surface area contributed by atoms with Crippen molar-refractivity contribution in [2.45, 2.75) is 233 Å². The van der Waals surface area contributed by atoms with Crippen LogP contribution in [0.4, 0.5) is 0 Å². The molecule has 0 aliphatic rings. The second-order valence-corrected chi connectivity index (χ2v) is 13.4. The lowest BCUT2D eigenvalue weighted by atomic mass is 10.0. The van der Waals surface area contributed by atoms with Gasteiger partial charge in [-0.1, -0.05) is 181 Å². The van der Waals surface area contributed by atoms with Gasteiger partial charge in [0.1, 0.15) is 12.4 Å². The van der Waals surface area contributed by atoms with Crippen LogP contribution >= 0.6 is 0 Å². The van der Waals surface area contributed by atoms with E-state index in [1.54, 1.807) is 5.82 Å². The Bertz CT molecular complexity index is 634. The molecule has 0 aliphatic carbocycles. The molecule has 0 atom stereocenters. The van der Waals surface area contributed by atoms with E-state index in [-0.39, 0.29) is 0 Å². The molecule has 0 radical (unpaired) electrons. The van der Waals surface area contributed by atoms with Gasteiger partial charge in [-0.05, 0) is 32.1 Å². The van der Waals surface area contributed by atoms with Gasteiger partial charge in [0.25, 0.3) is 5.82 Å². The van der Waals surface area contributed by atoms with E-state index in [1.165, 1.54) is 212 Å². The molecule has 0 bridgehead atoms. The van der Waals surface area contributed by atoms with Crippen molar-refractivity contribution < 1.29 is 4.57 Å². The lowest BCUT2D eigenvalue weighted by Crippen LogP contribution is -2.37. The highest BCUT2D eigenvalue weighted by molar-refractivity contribution is 4.84. The van der Waals surface area contributed by atoms with Gasteiger partial charge >= 0.3 is 0 Å². The molecule has 2 nitrogen and oxygen atoms in total. The van der Waals surface area contributed by atoms with E-state index in [0.717, 1.165) is 0 Å². The van der Waals surface area contributed by atoms with Crippen LogP contribution in [-0.4, -0.2) is 4.57 Å². The Morgan fingerprint density at radius 2 is 0.756 bits per heavy atom. The minimum absolute atomic E-state index is 1.23. The lowest BCUT2D eigenvalue weighted by Gasteiger charge is -2.07. The molecule has 0 aromatic carbocycles. The Hall–Kier alpha value is -0.790. The molecule has 0 saturated heterocycles. The molecule has 0 saturated carbocycles. The van der Waals surface area contributed by atoms with Crippen molar-refractivity contribution in [2.24, 2.45) is 0 Å². The molecule has 1 rings (SSSR count). The van der Waals surface area contributed by atoms with Gasteiger partial charge in [-0.2, -0.15) is 0 Å². The zero-order valence-corrected chi connectivity index (χ0v) is 28.9. The van der Waals surface area contributed by atoms with Gasteiger partial charge in [0.05, 0.1) is 13.1 Å². The molecule has 0 amide bonds. The van der Waals surface area contributed by atoms with E-state index in [4.69, 9.17) is 0 Å². The highest BCUT2D eigenvalue weighted by atomic mass is 15.1. The first kappa shape index (κ1) is 38.2. The second kappa shape index (κ2) is 30.7. The summed E-state index contributed by atoms with van der Waals surface area (Å²) in [6.45, 7) is 9.40. The fourth-order valence-corrected chi connectivity index (χ4v) is 6.50. The summed E-state index contributed by atoms with van der Waals surface area (Å²) < 4.78 is 5.25. The summed E-state index contributed by atoms with van der Waals surface area (Å²) in [5, 5.41) is 0. The fourth-order valence-electron chi connectivity index (χ4n) is 6.50. The molecule has 242 valence electrons. The molecule has 0 aliphatic heterocycles. The molecule has 0 unspecified atom stereocenters. The maximum atomic E-state index is 2.63. The molecular weight excluding hydrogens is 496 g/mol. The summed E-state index contributed by atoms with van der Waals surface area (Å²) in [6.07, 6.45) is 48.9.